The Bertz CT molecular complexity index is 639. The highest BCUT2D eigenvalue weighted by molar-refractivity contribution is 6.36. The van der Waals surface area contributed by atoms with Gasteiger partial charge in [-0.15, -0.1) is 0 Å². The van der Waals surface area contributed by atoms with E-state index in [0.717, 1.165) is 0 Å². The topological polar surface area (TPSA) is 64.3 Å². The number of halogens is 2. The second kappa shape index (κ2) is 6.03. The molecular formula is C14H12Cl2N2O2. The smallest absolute Gasteiger partial charge is 0.259 e. The molecule has 6 heteroatoms. The molecule has 2 aromatic carbocycles. The summed E-state index contributed by atoms with van der Waals surface area (Å²) in [6.45, 7) is 0. The Morgan fingerprint density at radius 2 is 1.95 bits per heavy atom. The van der Waals surface area contributed by atoms with Gasteiger partial charge in [0.25, 0.3) is 5.91 Å². The van der Waals surface area contributed by atoms with Crippen molar-refractivity contribution in [3.05, 3.63) is 52.0 Å². The van der Waals surface area contributed by atoms with E-state index in [2.05, 4.69) is 5.32 Å². The van der Waals surface area contributed by atoms with Gasteiger partial charge in [-0.05, 0) is 24.3 Å². The van der Waals surface area contributed by atoms with Crippen molar-refractivity contribution in [2.75, 3.05) is 18.2 Å². The Morgan fingerprint density at radius 1 is 1.20 bits per heavy atom. The third kappa shape index (κ3) is 2.98. The molecule has 0 radical (unpaired) electrons. The highest BCUT2D eigenvalue weighted by Crippen LogP contribution is 2.29. The van der Waals surface area contributed by atoms with Crippen molar-refractivity contribution >= 4 is 40.5 Å². The summed E-state index contributed by atoms with van der Waals surface area (Å²) in [6.07, 6.45) is 0. The van der Waals surface area contributed by atoms with Crippen LogP contribution in [0.2, 0.25) is 10.0 Å². The largest absolute Gasteiger partial charge is 0.497 e. The minimum Gasteiger partial charge on any atom is -0.497 e. The highest BCUT2D eigenvalue weighted by Gasteiger charge is 2.15. The molecule has 2 aromatic rings. The zero-order valence-corrected chi connectivity index (χ0v) is 12.1. The molecule has 0 unspecified atom stereocenters. The van der Waals surface area contributed by atoms with Crippen molar-refractivity contribution in [3.8, 4) is 5.75 Å². The van der Waals surface area contributed by atoms with Crippen molar-refractivity contribution in [1.82, 2.24) is 0 Å². The Hall–Kier alpha value is -1.91. The quantitative estimate of drug-likeness (QED) is 0.847. The average Bonchev–Trinajstić information content (AvgIpc) is 2.41. The highest BCUT2D eigenvalue weighted by atomic mass is 35.5. The summed E-state index contributed by atoms with van der Waals surface area (Å²) in [7, 11) is 1.53. The fourth-order valence-corrected chi connectivity index (χ4v) is 2.12. The van der Waals surface area contributed by atoms with Gasteiger partial charge in [-0.1, -0.05) is 29.3 Å². The minimum absolute atomic E-state index is 0.216. The van der Waals surface area contributed by atoms with E-state index in [1.807, 2.05) is 0 Å². The number of anilines is 2. The molecule has 0 heterocycles. The molecule has 1 amide bonds. The number of methoxy groups -OCH3 is 1. The number of hydrogen-bond acceptors (Lipinski definition) is 3. The zero-order chi connectivity index (χ0) is 14.7. The lowest BCUT2D eigenvalue weighted by Gasteiger charge is -2.11. The van der Waals surface area contributed by atoms with Crippen molar-refractivity contribution in [2.24, 2.45) is 0 Å². The van der Waals surface area contributed by atoms with E-state index >= 15 is 0 Å². The van der Waals surface area contributed by atoms with Crippen LogP contribution >= 0.6 is 23.2 Å². The van der Waals surface area contributed by atoms with Crippen LogP contribution in [0.15, 0.2) is 36.4 Å². The molecule has 104 valence electrons. The van der Waals surface area contributed by atoms with Gasteiger partial charge >= 0.3 is 0 Å². The summed E-state index contributed by atoms with van der Waals surface area (Å²) in [6, 6.07) is 9.82. The van der Waals surface area contributed by atoms with Crippen LogP contribution in [0.5, 0.6) is 5.75 Å². The van der Waals surface area contributed by atoms with Crippen molar-refractivity contribution < 1.29 is 9.53 Å². The summed E-state index contributed by atoms with van der Waals surface area (Å²) >= 11 is 12.0. The number of hydrogen-bond donors (Lipinski definition) is 2. The van der Waals surface area contributed by atoms with Crippen LogP contribution in [0.25, 0.3) is 0 Å². The molecule has 4 nitrogen and oxygen atoms in total. The normalized spacial score (nSPS) is 10.2. The van der Waals surface area contributed by atoms with Crippen molar-refractivity contribution in [3.63, 3.8) is 0 Å². The molecule has 0 aromatic heterocycles. The van der Waals surface area contributed by atoms with Crippen LogP contribution in [0, 0.1) is 0 Å². The van der Waals surface area contributed by atoms with Crippen molar-refractivity contribution in [2.45, 2.75) is 0 Å². The van der Waals surface area contributed by atoms with Gasteiger partial charge in [-0.3, -0.25) is 4.79 Å². The summed E-state index contributed by atoms with van der Waals surface area (Å²) in [5.41, 5.74) is 6.71. The fourth-order valence-electron chi connectivity index (χ4n) is 1.69. The van der Waals surface area contributed by atoms with Gasteiger partial charge in [0.05, 0.1) is 28.4 Å². The SMILES string of the molecule is COc1ccc(Cl)c(NC(=O)c2c(N)cccc2Cl)c1. The molecule has 0 bridgehead atoms. The van der Waals surface area contributed by atoms with Crippen molar-refractivity contribution in [1.29, 1.82) is 0 Å². The predicted molar refractivity (Wildman–Crippen MR) is 81.8 cm³/mol. The first-order chi connectivity index (χ1) is 9.52. The first-order valence-corrected chi connectivity index (χ1v) is 6.47. The second-order valence-corrected chi connectivity index (χ2v) is 4.82. The Balaban J connectivity index is 2.33. The van der Waals surface area contributed by atoms with Gasteiger partial charge in [-0.2, -0.15) is 0 Å². The molecule has 0 saturated heterocycles. The summed E-state index contributed by atoms with van der Waals surface area (Å²) in [4.78, 5) is 12.2. The zero-order valence-electron chi connectivity index (χ0n) is 10.6. The number of benzene rings is 2. The molecule has 0 aliphatic heterocycles. The summed E-state index contributed by atoms with van der Waals surface area (Å²) in [5.74, 6) is 0.153. The standard InChI is InChI=1S/C14H12Cl2N2O2/c1-20-8-5-6-9(15)12(7-8)18-14(19)13-10(16)3-2-4-11(13)17/h2-7H,17H2,1H3,(H,18,19). The van der Waals surface area contributed by atoms with E-state index in [4.69, 9.17) is 33.7 Å². The molecule has 0 aliphatic rings. The predicted octanol–water partition coefficient (Wildman–Crippen LogP) is 3.84. The molecule has 0 spiro atoms. The number of nitrogens with one attached hydrogen (secondary N) is 1. The fraction of sp³-hybridized carbons (Fsp3) is 0.0714. The lowest BCUT2D eigenvalue weighted by Crippen LogP contribution is -2.15. The van der Waals surface area contributed by atoms with Crippen LogP contribution < -0.4 is 15.8 Å². The minimum atomic E-state index is -0.428. The Kier molecular flexibility index (Phi) is 4.37. The molecule has 3 N–H and O–H groups in total. The third-order valence-electron chi connectivity index (χ3n) is 2.69. The third-order valence-corrected chi connectivity index (χ3v) is 3.34. The summed E-state index contributed by atoms with van der Waals surface area (Å²) in [5, 5.41) is 3.34. The number of nitrogens with two attached hydrogens (primary N) is 1. The van der Waals surface area contributed by atoms with E-state index in [1.54, 1.807) is 36.4 Å². The average molecular weight is 311 g/mol. The monoisotopic (exact) mass is 310 g/mol. The molecule has 0 saturated carbocycles. The maximum Gasteiger partial charge on any atom is 0.259 e. The van der Waals surface area contributed by atoms with E-state index in [9.17, 15) is 4.79 Å². The molecular weight excluding hydrogens is 299 g/mol. The first kappa shape index (κ1) is 14.5. The second-order valence-electron chi connectivity index (χ2n) is 4.00. The number of carbonyl (C=O) groups excluding carboxylic acids is 1. The van der Waals surface area contributed by atoms with Gasteiger partial charge in [0.15, 0.2) is 0 Å². The lowest BCUT2D eigenvalue weighted by atomic mass is 10.1. The van der Waals surface area contributed by atoms with Gasteiger partial charge in [0.2, 0.25) is 0 Å². The number of nitrogen functional groups attached to an aromatic ring is 1. The van der Waals surface area contributed by atoms with E-state index in [0.29, 0.717) is 22.1 Å². The van der Waals surface area contributed by atoms with Crippen LogP contribution in [0.3, 0.4) is 0 Å². The maximum absolute atomic E-state index is 12.2. The van der Waals surface area contributed by atoms with Gasteiger partial charge in [0.1, 0.15) is 5.75 Å². The van der Waals surface area contributed by atoms with E-state index in [1.165, 1.54) is 7.11 Å². The molecule has 2 rings (SSSR count). The van der Waals surface area contributed by atoms with Gasteiger partial charge < -0.3 is 15.8 Å². The van der Waals surface area contributed by atoms with Crippen LogP contribution in [0.4, 0.5) is 11.4 Å². The maximum atomic E-state index is 12.2. The molecule has 0 fully saturated rings. The van der Waals surface area contributed by atoms with E-state index < -0.39 is 5.91 Å². The number of rotatable bonds is 3. The Morgan fingerprint density at radius 3 is 2.60 bits per heavy atom. The van der Waals surface area contributed by atoms with Crippen LogP contribution in [0.1, 0.15) is 10.4 Å². The lowest BCUT2D eigenvalue weighted by molar-refractivity contribution is 0.102. The number of amides is 1. The van der Waals surface area contributed by atoms with Gasteiger partial charge in [-0.25, -0.2) is 0 Å². The van der Waals surface area contributed by atoms with Crippen LogP contribution in [-0.2, 0) is 0 Å². The first-order valence-electron chi connectivity index (χ1n) is 5.72. The number of ether oxygens (including phenoxy) is 1. The van der Waals surface area contributed by atoms with Crippen LogP contribution in [-0.4, -0.2) is 13.0 Å². The number of carbonyl (C=O) groups is 1. The van der Waals surface area contributed by atoms with E-state index in [-0.39, 0.29) is 10.6 Å². The molecule has 20 heavy (non-hydrogen) atoms. The molecule has 0 aliphatic carbocycles. The van der Waals surface area contributed by atoms with Gasteiger partial charge in [0, 0.05) is 11.8 Å². The Labute approximate surface area is 126 Å². The summed E-state index contributed by atoms with van der Waals surface area (Å²) < 4.78 is 5.08. The molecule has 0 atom stereocenters.